The van der Waals surface area contributed by atoms with E-state index in [1.165, 1.54) is 24.3 Å². The van der Waals surface area contributed by atoms with Gasteiger partial charge in [-0.25, -0.2) is 12.8 Å². The topological polar surface area (TPSA) is 66.4 Å². The van der Waals surface area contributed by atoms with Gasteiger partial charge in [-0.1, -0.05) is 42.5 Å². The van der Waals surface area contributed by atoms with E-state index in [1.54, 1.807) is 0 Å². The normalized spacial score (nSPS) is 14.3. The first-order chi connectivity index (χ1) is 11.4. The molecule has 6 heteroatoms. The van der Waals surface area contributed by atoms with Crippen molar-refractivity contribution in [3.05, 3.63) is 65.7 Å². The molecule has 0 saturated carbocycles. The van der Waals surface area contributed by atoms with Crippen LogP contribution in [0.2, 0.25) is 0 Å². The Bertz CT molecular complexity index is 733. The lowest BCUT2D eigenvalue weighted by Crippen LogP contribution is -2.38. The van der Waals surface area contributed by atoms with E-state index in [0.29, 0.717) is 12.1 Å². The van der Waals surface area contributed by atoms with Gasteiger partial charge in [0.05, 0.1) is 17.0 Å². The van der Waals surface area contributed by atoms with Crippen LogP contribution in [-0.4, -0.2) is 39.0 Å². The monoisotopic (exact) mass is 351 g/mol. The number of aliphatic hydroxyl groups excluding tert-OH is 1. The van der Waals surface area contributed by atoms with Gasteiger partial charge < -0.3 is 10.4 Å². The number of rotatable bonds is 8. The number of aliphatic hydroxyl groups is 1. The van der Waals surface area contributed by atoms with Crippen molar-refractivity contribution in [3.63, 3.8) is 0 Å². The molecule has 24 heavy (non-hydrogen) atoms. The number of hydrogen-bond acceptors (Lipinski definition) is 4. The molecule has 0 aromatic heterocycles. The Labute approximate surface area is 142 Å². The average Bonchev–Trinajstić information content (AvgIpc) is 2.58. The van der Waals surface area contributed by atoms with Crippen LogP contribution >= 0.6 is 0 Å². The highest BCUT2D eigenvalue weighted by atomic mass is 32.2. The first-order valence-electron chi connectivity index (χ1n) is 7.73. The zero-order valence-corrected chi connectivity index (χ0v) is 14.3. The highest BCUT2D eigenvalue weighted by Crippen LogP contribution is 2.20. The van der Waals surface area contributed by atoms with Crippen molar-refractivity contribution in [3.8, 4) is 0 Å². The molecular formula is C18H22FNO3S. The fraction of sp³-hybridized carbons (Fsp3) is 0.333. The van der Waals surface area contributed by atoms with Crippen molar-refractivity contribution in [1.82, 2.24) is 5.32 Å². The molecule has 0 unspecified atom stereocenters. The fourth-order valence-electron chi connectivity index (χ4n) is 2.44. The van der Waals surface area contributed by atoms with E-state index < -0.39 is 28.7 Å². The molecule has 0 amide bonds. The SMILES string of the molecule is CS(=O)(=O)c1ccc([C@H](O)[C@@H](CF)NCCc2ccccc2)cc1. The Morgan fingerprint density at radius 2 is 1.71 bits per heavy atom. The number of alkyl halides is 1. The van der Waals surface area contributed by atoms with Crippen LogP contribution in [0, 0.1) is 0 Å². The molecule has 0 heterocycles. The molecule has 2 N–H and O–H groups in total. The minimum absolute atomic E-state index is 0.173. The highest BCUT2D eigenvalue weighted by molar-refractivity contribution is 7.90. The summed E-state index contributed by atoms with van der Waals surface area (Å²) in [5, 5.41) is 13.3. The molecule has 2 aromatic rings. The Kier molecular flexibility index (Phi) is 6.48. The van der Waals surface area contributed by atoms with E-state index >= 15 is 0 Å². The van der Waals surface area contributed by atoms with Crippen LogP contribution in [0.25, 0.3) is 0 Å². The fourth-order valence-corrected chi connectivity index (χ4v) is 3.07. The second kappa shape index (κ2) is 8.37. The summed E-state index contributed by atoms with van der Waals surface area (Å²) < 4.78 is 36.2. The van der Waals surface area contributed by atoms with Crippen LogP contribution in [0.3, 0.4) is 0 Å². The first-order valence-corrected chi connectivity index (χ1v) is 9.62. The van der Waals surface area contributed by atoms with Crippen molar-refractivity contribution < 1.29 is 17.9 Å². The number of benzene rings is 2. The molecular weight excluding hydrogens is 329 g/mol. The third-order valence-electron chi connectivity index (χ3n) is 3.86. The Morgan fingerprint density at radius 3 is 2.25 bits per heavy atom. The van der Waals surface area contributed by atoms with E-state index in [9.17, 15) is 17.9 Å². The number of sulfone groups is 1. The average molecular weight is 351 g/mol. The molecule has 0 spiro atoms. The van der Waals surface area contributed by atoms with Crippen molar-refractivity contribution >= 4 is 9.84 Å². The van der Waals surface area contributed by atoms with Crippen LogP contribution in [0.15, 0.2) is 59.5 Å². The van der Waals surface area contributed by atoms with Crippen LogP contribution in [0.1, 0.15) is 17.2 Å². The Morgan fingerprint density at radius 1 is 1.08 bits per heavy atom. The highest BCUT2D eigenvalue weighted by Gasteiger charge is 2.21. The summed E-state index contributed by atoms with van der Waals surface area (Å²) in [7, 11) is -3.29. The molecule has 0 aliphatic heterocycles. The summed E-state index contributed by atoms with van der Waals surface area (Å²) in [5.74, 6) is 0. The van der Waals surface area contributed by atoms with Gasteiger partial charge in [0.1, 0.15) is 6.67 Å². The summed E-state index contributed by atoms with van der Waals surface area (Å²) in [5.41, 5.74) is 1.62. The van der Waals surface area contributed by atoms with E-state index in [-0.39, 0.29) is 4.90 Å². The number of nitrogens with one attached hydrogen (secondary N) is 1. The van der Waals surface area contributed by atoms with E-state index in [2.05, 4.69) is 5.32 Å². The van der Waals surface area contributed by atoms with Gasteiger partial charge in [-0.05, 0) is 36.2 Å². The molecule has 4 nitrogen and oxygen atoms in total. The van der Waals surface area contributed by atoms with Gasteiger partial charge in [0.2, 0.25) is 0 Å². The lowest BCUT2D eigenvalue weighted by molar-refractivity contribution is 0.113. The summed E-state index contributed by atoms with van der Waals surface area (Å²) in [4.78, 5) is 0.173. The minimum atomic E-state index is -3.29. The summed E-state index contributed by atoms with van der Waals surface area (Å²) >= 11 is 0. The van der Waals surface area contributed by atoms with Crippen LogP contribution in [-0.2, 0) is 16.3 Å². The van der Waals surface area contributed by atoms with Gasteiger partial charge >= 0.3 is 0 Å². The maximum absolute atomic E-state index is 13.3. The van der Waals surface area contributed by atoms with Gasteiger partial charge in [0, 0.05) is 6.26 Å². The van der Waals surface area contributed by atoms with Gasteiger partial charge in [-0.3, -0.25) is 0 Å². The molecule has 0 saturated heterocycles. The maximum atomic E-state index is 13.3. The second-order valence-corrected chi connectivity index (χ2v) is 7.75. The predicted octanol–water partition coefficient (Wildman–Crippen LogP) is 2.29. The lowest BCUT2D eigenvalue weighted by Gasteiger charge is -2.22. The van der Waals surface area contributed by atoms with Gasteiger partial charge in [0.15, 0.2) is 9.84 Å². The predicted molar refractivity (Wildman–Crippen MR) is 92.4 cm³/mol. The quantitative estimate of drug-likeness (QED) is 0.766. The van der Waals surface area contributed by atoms with Crippen LogP contribution in [0.4, 0.5) is 4.39 Å². The van der Waals surface area contributed by atoms with E-state index in [1.807, 2.05) is 30.3 Å². The van der Waals surface area contributed by atoms with Crippen LogP contribution in [0.5, 0.6) is 0 Å². The smallest absolute Gasteiger partial charge is 0.175 e. The lowest BCUT2D eigenvalue weighted by atomic mass is 10.0. The van der Waals surface area contributed by atoms with E-state index in [0.717, 1.165) is 18.2 Å². The third-order valence-corrected chi connectivity index (χ3v) is 4.99. The molecule has 0 aliphatic carbocycles. The molecule has 2 atom stereocenters. The Hall–Kier alpha value is -1.76. The molecule has 0 radical (unpaired) electrons. The maximum Gasteiger partial charge on any atom is 0.175 e. The standard InChI is InChI=1S/C18H22FNO3S/c1-24(22,23)16-9-7-15(8-10-16)18(21)17(13-19)20-12-11-14-5-3-2-4-6-14/h2-10,17-18,20-21H,11-13H2,1H3/t17-,18+/m1/s1. The molecule has 0 aliphatic rings. The zero-order valence-electron chi connectivity index (χ0n) is 13.5. The Balaban J connectivity index is 1.96. The third kappa shape index (κ3) is 5.12. The van der Waals surface area contributed by atoms with Gasteiger partial charge in [-0.2, -0.15) is 0 Å². The summed E-state index contributed by atoms with van der Waals surface area (Å²) in [6, 6.07) is 15.0. The summed E-state index contributed by atoms with van der Waals surface area (Å²) in [6.07, 6.45) is 0.810. The first kappa shape index (κ1) is 18.6. The van der Waals surface area contributed by atoms with Crippen molar-refractivity contribution in [1.29, 1.82) is 0 Å². The van der Waals surface area contributed by atoms with Gasteiger partial charge in [0.25, 0.3) is 0 Å². The molecule has 0 fully saturated rings. The van der Waals surface area contributed by atoms with Crippen molar-refractivity contribution in [2.75, 3.05) is 19.5 Å². The molecule has 2 aromatic carbocycles. The number of hydrogen-bond donors (Lipinski definition) is 2. The van der Waals surface area contributed by atoms with Crippen molar-refractivity contribution in [2.24, 2.45) is 0 Å². The van der Waals surface area contributed by atoms with Crippen LogP contribution < -0.4 is 5.32 Å². The molecule has 2 rings (SSSR count). The minimum Gasteiger partial charge on any atom is -0.387 e. The second-order valence-electron chi connectivity index (χ2n) is 5.74. The largest absolute Gasteiger partial charge is 0.387 e. The number of halogens is 1. The molecule has 0 bridgehead atoms. The summed E-state index contributed by atoms with van der Waals surface area (Å²) in [6.45, 7) is -0.180. The molecule has 130 valence electrons. The van der Waals surface area contributed by atoms with Gasteiger partial charge in [-0.15, -0.1) is 0 Å². The van der Waals surface area contributed by atoms with Crippen molar-refractivity contribution in [2.45, 2.75) is 23.5 Å². The zero-order chi connectivity index (χ0) is 17.6. The van der Waals surface area contributed by atoms with E-state index in [4.69, 9.17) is 0 Å².